The van der Waals surface area contributed by atoms with Crippen LogP contribution in [0.5, 0.6) is 5.75 Å². The molecule has 0 bridgehead atoms. The first-order valence-electron chi connectivity index (χ1n) is 6.79. The van der Waals surface area contributed by atoms with E-state index < -0.39 is 0 Å². The van der Waals surface area contributed by atoms with Gasteiger partial charge in [-0.3, -0.25) is 4.90 Å². The van der Waals surface area contributed by atoms with Gasteiger partial charge in [-0.2, -0.15) is 11.8 Å². The molecule has 1 saturated heterocycles. The fourth-order valence-corrected chi connectivity index (χ4v) is 3.52. The smallest absolute Gasteiger partial charge is 0.123 e. The SMILES string of the molecule is COc1ccc(N)cc1CN1CCSC(C)(C)CC1. The van der Waals surface area contributed by atoms with Crippen molar-refractivity contribution in [3.8, 4) is 5.75 Å². The predicted octanol–water partition coefficient (Wildman–Crippen LogP) is 2.99. The van der Waals surface area contributed by atoms with Gasteiger partial charge in [-0.25, -0.2) is 0 Å². The second-order valence-electron chi connectivity index (χ2n) is 5.71. The van der Waals surface area contributed by atoms with Gasteiger partial charge in [0.1, 0.15) is 5.75 Å². The van der Waals surface area contributed by atoms with Crippen LogP contribution in [0.1, 0.15) is 25.8 Å². The maximum Gasteiger partial charge on any atom is 0.123 e. The summed E-state index contributed by atoms with van der Waals surface area (Å²) in [5.74, 6) is 2.13. The summed E-state index contributed by atoms with van der Waals surface area (Å²) < 4.78 is 5.82. The molecule has 0 amide bonds. The number of nitrogen functional groups attached to an aromatic ring is 1. The lowest BCUT2D eigenvalue weighted by Crippen LogP contribution is -2.27. The fourth-order valence-electron chi connectivity index (χ4n) is 2.38. The Bertz CT molecular complexity index is 434. The van der Waals surface area contributed by atoms with E-state index in [1.165, 1.54) is 17.7 Å². The summed E-state index contributed by atoms with van der Waals surface area (Å²) in [7, 11) is 1.72. The molecule has 106 valence electrons. The summed E-state index contributed by atoms with van der Waals surface area (Å²) in [5.41, 5.74) is 7.88. The molecule has 1 heterocycles. The normalized spacial score (nSPS) is 19.9. The molecular weight excluding hydrogens is 256 g/mol. The summed E-state index contributed by atoms with van der Waals surface area (Å²) in [5, 5.41) is 0. The summed E-state index contributed by atoms with van der Waals surface area (Å²) >= 11 is 2.07. The van der Waals surface area contributed by atoms with Crippen LogP contribution in [0.3, 0.4) is 0 Å². The lowest BCUT2D eigenvalue weighted by atomic mass is 10.1. The Balaban J connectivity index is 2.06. The van der Waals surface area contributed by atoms with E-state index in [1.807, 2.05) is 18.2 Å². The molecule has 0 unspecified atom stereocenters. The third-order valence-corrected chi connectivity index (χ3v) is 5.00. The third-order valence-electron chi connectivity index (χ3n) is 3.63. The Kier molecular flexibility index (Phi) is 4.63. The minimum absolute atomic E-state index is 0.397. The number of methoxy groups -OCH3 is 1. The molecule has 0 aliphatic carbocycles. The number of anilines is 1. The minimum Gasteiger partial charge on any atom is -0.496 e. The number of ether oxygens (including phenoxy) is 1. The zero-order valence-corrected chi connectivity index (χ0v) is 12.9. The molecule has 0 aromatic heterocycles. The molecule has 0 atom stereocenters. The van der Waals surface area contributed by atoms with Crippen molar-refractivity contribution < 1.29 is 4.74 Å². The van der Waals surface area contributed by atoms with Gasteiger partial charge in [0, 0.05) is 34.8 Å². The van der Waals surface area contributed by atoms with Gasteiger partial charge >= 0.3 is 0 Å². The Morgan fingerprint density at radius 2 is 2.16 bits per heavy atom. The first kappa shape index (κ1) is 14.5. The van der Waals surface area contributed by atoms with Crippen LogP contribution >= 0.6 is 11.8 Å². The zero-order chi connectivity index (χ0) is 13.9. The highest BCUT2D eigenvalue weighted by Gasteiger charge is 2.24. The van der Waals surface area contributed by atoms with E-state index in [-0.39, 0.29) is 0 Å². The molecule has 1 aromatic carbocycles. The van der Waals surface area contributed by atoms with Crippen molar-refractivity contribution in [3.05, 3.63) is 23.8 Å². The van der Waals surface area contributed by atoms with Gasteiger partial charge in [0.25, 0.3) is 0 Å². The van der Waals surface area contributed by atoms with Crippen molar-refractivity contribution >= 4 is 17.4 Å². The number of thioether (sulfide) groups is 1. The first-order valence-corrected chi connectivity index (χ1v) is 7.77. The van der Waals surface area contributed by atoms with E-state index in [0.717, 1.165) is 31.1 Å². The molecule has 1 aliphatic heterocycles. The van der Waals surface area contributed by atoms with Crippen molar-refractivity contribution in [2.45, 2.75) is 31.6 Å². The van der Waals surface area contributed by atoms with Gasteiger partial charge in [0.2, 0.25) is 0 Å². The van der Waals surface area contributed by atoms with Crippen LogP contribution in [0.25, 0.3) is 0 Å². The first-order chi connectivity index (χ1) is 9.00. The Labute approximate surface area is 120 Å². The van der Waals surface area contributed by atoms with Gasteiger partial charge in [-0.15, -0.1) is 0 Å². The summed E-state index contributed by atoms with van der Waals surface area (Å²) in [4.78, 5) is 2.50. The van der Waals surface area contributed by atoms with Crippen LogP contribution < -0.4 is 10.5 Å². The highest BCUT2D eigenvalue weighted by Crippen LogP contribution is 2.32. The van der Waals surface area contributed by atoms with Crippen molar-refractivity contribution in [2.24, 2.45) is 0 Å². The molecule has 3 nitrogen and oxygen atoms in total. The summed E-state index contributed by atoms with van der Waals surface area (Å²) in [6.45, 7) is 7.86. The van der Waals surface area contributed by atoms with E-state index in [0.29, 0.717) is 4.75 Å². The van der Waals surface area contributed by atoms with Gasteiger partial charge in [0.15, 0.2) is 0 Å². The maximum absolute atomic E-state index is 5.88. The molecule has 0 radical (unpaired) electrons. The summed E-state index contributed by atoms with van der Waals surface area (Å²) in [6, 6.07) is 5.88. The van der Waals surface area contributed by atoms with Gasteiger partial charge in [0.05, 0.1) is 7.11 Å². The Morgan fingerprint density at radius 1 is 1.37 bits per heavy atom. The van der Waals surface area contributed by atoms with Crippen molar-refractivity contribution in [2.75, 3.05) is 31.7 Å². The van der Waals surface area contributed by atoms with Gasteiger partial charge in [-0.05, 0) is 31.2 Å². The van der Waals surface area contributed by atoms with E-state index in [2.05, 4.69) is 30.5 Å². The van der Waals surface area contributed by atoms with Crippen molar-refractivity contribution in [3.63, 3.8) is 0 Å². The third kappa shape index (κ3) is 4.05. The number of nitrogens with two attached hydrogens (primary N) is 1. The standard InChI is InChI=1S/C15H24N2OS/c1-15(2)6-7-17(8-9-19-15)11-12-10-13(16)4-5-14(12)18-3/h4-5,10H,6-9,11,16H2,1-3H3. The average Bonchev–Trinajstić information content (AvgIpc) is 2.51. The van der Waals surface area contributed by atoms with Crippen LogP contribution in [-0.4, -0.2) is 35.6 Å². The number of nitrogens with zero attached hydrogens (tertiary/aromatic N) is 1. The minimum atomic E-state index is 0.397. The maximum atomic E-state index is 5.88. The Morgan fingerprint density at radius 3 is 2.89 bits per heavy atom. The predicted molar refractivity (Wildman–Crippen MR) is 83.8 cm³/mol. The molecule has 2 N–H and O–H groups in total. The van der Waals surface area contributed by atoms with Crippen LogP contribution in [0, 0.1) is 0 Å². The van der Waals surface area contributed by atoms with E-state index in [1.54, 1.807) is 7.11 Å². The fraction of sp³-hybridized carbons (Fsp3) is 0.600. The second-order valence-corrected chi connectivity index (χ2v) is 7.51. The molecule has 1 aromatic rings. The Hall–Kier alpha value is -0.870. The number of hydrogen-bond acceptors (Lipinski definition) is 4. The van der Waals surface area contributed by atoms with E-state index >= 15 is 0 Å². The quantitative estimate of drug-likeness (QED) is 0.864. The zero-order valence-electron chi connectivity index (χ0n) is 12.1. The second kappa shape index (κ2) is 6.06. The number of rotatable bonds is 3. The lowest BCUT2D eigenvalue weighted by Gasteiger charge is -2.23. The molecule has 1 fully saturated rings. The molecular formula is C15H24N2OS. The van der Waals surface area contributed by atoms with E-state index in [9.17, 15) is 0 Å². The van der Waals surface area contributed by atoms with Crippen LogP contribution in [0.2, 0.25) is 0 Å². The van der Waals surface area contributed by atoms with Gasteiger partial charge in [-0.1, -0.05) is 13.8 Å². The monoisotopic (exact) mass is 280 g/mol. The van der Waals surface area contributed by atoms with Gasteiger partial charge < -0.3 is 10.5 Å². The van der Waals surface area contributed by atoms with Crippen molar-refractivity contribution in [1.29, 1.82) is 0 Å². The van der Waals surface area contributed by atoms with Crippen LogP contribution in [0.15, 0.2) is 18.2 Å². The summed E-state index contributed by atoms with van der Waals surface area (Å²) in [6.07, 6.45) is 1.22. The highest BCUT2D eigenvalue weighted by atomic mass is 32.2. The average molecular weight is 280 g/mol. The lowest BCUT2D eigenvalue weighted by molar-refractivity contribution is 0.271. The topological polar surface area (TPSA) is 38.5 Å². The van der Waals surface area contributed by atoms with Crippen LogP contribution in [-0.2, 0) is 6.54 Å². The number of benzene rings is 1. The molecule has 0 spiro atoms. The molecule has 4 heteroatoms. The van der Waals surface area contributed by atoms with E-state index in [4.69, 9.17) is 10.5 Å². The number of hydrogen-bond donors (Lipinski definition) is 1. The molecule has 0 saturated carbocycles. The molecule has 1 aliphatic rings. The van der Waals surface area contributed by atoms with Crippen molar-refractivity contribution in [1.82, 2.24) is 4.90 Å². The highest BCUT2D eigenvalue weighted by molar-refractivity contribution is 8.00. The van der Waals surface area contributed by atoms with Crippen LogP contribution in [0.4, 0.5) is 5.69 Å². The molecule has 19 heavy (non-hydrogen) atoms. The largest absolute Gasteiger partial charge is 0.496 e. The molecule has 2 rings (SSSR count).